The summed E-state index contributed by atoms with van der Waals surface area (Å²) in [5.41, 5.74) is 3.93. The van der Waals surface area contributed by atoms with Crippen molar-refractivity contribution < 1.29 is 19.5 Å². The van der Waals surface area contributed by atoms with Crippen molar-refractivity contribution >= 4 is 0 Å². The van der Waals surface area contributed by atoms with Crippen molar-refractivity contribution in [3.05, 3.63) is 62.4 Å². The molecule has 0 amide bonds. The van der Waals surface area contributed by atoms with Gasteiger partial charge < -0.3 is 14.9 Å². The molecule has 0 heterocycles. The molecule has 1 aromatic carbocycles. The minimum atomic E-state index is 0. The van der Waals surface area contributed by atoms with Crippen molar-refractivity contribution in [2.24, 2.45) is 0 Å². The Labute approximate surface area is 122 Å². The van der Waals surface area contributed by atoms with E-state index in [0.29, 0.717) is 5.92 Å². The normalized spacial score (nSPS) is 7.65. The Morgan fingerprint density at radius 1 is 1.00 bits per heavy atom. The van der Waals surface area contributed by atoms with E-state index >= 15 is 0 Å². The maximum atomic E-state index is 3.56. The molecular weight excluding hydrogens is 293 g/mol. The molecule has 17 heavy (non-hydrogen) atoms. The molecule has 0 nitrogen and oxygen atoms in total. The number of hydrogen-bond donors (Lipinski definition) is 0. The van der Waals surface area contributed by atoms with Crippen LogP contribution in [0.3, 0.4) is 0 Å². The Hall–Kier alpha value is -0.417. The van der Waals surface area contributed by atoms with Crippen molar-refractivity contribution in [1.29, 1.82) is 0 Å². The third-order valence-electron chi connectivity index (χ3n) is 1.74. The van der Waals surface area contributed by atoms with Crippen LogP contribution in [0.4, 0.5) is 0 Å². The van der Waals surface area contributed by atoms with Crippen molar-refractivity contribution in [2.75, 3.05) is 0 Å². The van der Waals surface area contributed by atoms with Gasteiger partial charge in [-0.25, -0.2) is 0 Å². The van der Waals surface area contributed by atoms with Gasteiger partial charge in [0.2, 0.25) is 0 Å². The topological polar surface area (TPSA) is 0 Å². The number of hydrogen-bond acceptors (Lipinski definition) is 0. The van der Waals surface area contributed by atoms with Crippen LogP contribution in [0, 0.1) is 21.8 Å². The van der Waals surface area contributed by atoms with Gasteiger partial charge in [-0.2, -0.15) is 0 Å². The Morgan fingerprint density at radius 3 is 1.53 bits per heavy atom. The second-order valence-corrected chi connectivity index (χ2v) is 4.27. The smallest absolute Gasteiger partial charge is 0.358 e. The van der Waals surface area contributed by atoms with E-state index < -0.39 is 0 Å². The molecule has 0 saturated carbocycles. The summed E-state index contributed by atoms with van der Waals surface area (Å²) in [4.78, 5) is 0. The summed E-state index contributed by atoms with van der Waals surface area (Å²) >= 11 is 0. The molecule has 0 N–H and O–H groups in total. The quantitative estimate of drug-likeness (QED) is 0.359. The van der Waals surface area contributed by atoms with Crippen LogP contribution in [0.25, 0.3) is 0 Å². The van der Waals surface area contributed by atoms with Crippen LogP contribution in [0.5, 0.6) is 0 Å². The van der Waals surface area contributed by atoms with Crippen molar-refractivity contribution in [3.8, 4) is 0 Å². The van der Waals surface area contributed by atoms with Gasteiger partial charge in [0.1, 0.15) is 0 Å². The van der Waals surface area contributed by atoms with E-state index in [2.05, 4.69) is 51.6 Å². The van der Waals surface area contributed by atoms with Crippen molar-refractivity contribution in [3.63, 3.8) is 0 Å². The molecule has 0 saturated heterocycles. The first kappa shape index (κ1) is 25.4. The second-order valence-electron chi connectivity index (χ2n) is 4.27. The summed E-state index contributed by atoms with van der Waals surface area (Å²) in [5.74, 6) is 0.653. The van der Waals surface area contributed by atoms with Gasteiger partial charge in [0.05, 0.1) is 0 Å². The molecule has 0 atom stereocenters. The standard InChI is InChI=1S/C10H14.C4H8.2CH3.Ru/c1-8(2)10-6-4-9(3)5-7-10;1-4(2)3;;;/h4-8H,1-3H3;1H2,2-3H3;2*1H3;/q;;2*-1;+2. The van der Waals surface area contributed by atoms with E-state index in [9.17, 15) is 0 Å². The molecule has 0 unspecified atom stereocenters. The summed E-state index contributed by atoms with van der Waals surface area (Å²) in [6.45, 7) is 14.0. The summed E-state index contributed by atoms with van der Waals surface area (Å²) in [6, 6.07) is 8.71. The largest absolute Gasteiger partial charge is 2.00 e. The number of aryl methyl sites for hydroxylation is 1. The SMILES string of the molecule is C=C(C)C.Cc1ccc(C(C)C)cc1.[CH3-].[CH3-].[Ru+2]. The molecule has 0 aromatic heterocycles. The average molecular weight is 321 g/mol. The van der Waals surface area contributed by atoms with Crippen LogP contribution < -0.4 is 0 Å². The van der Waals surface area contributed by atoms with Gasteiger partial charge >= 0.3 is 19.5 Å². The number of benzene rings is 1. The van der Waals surface area contributed by atoms with Gasteiger partial charge in [-0.3, -0.25) is 0 Å². The first-order valence-electron chi connectivity index (χ1n) is 5.12. The Balaban J connectivity index is -0.000000108. The zero-order valence-electron chi connectivity index (χ0n) is 12.4. The predicted octanol–water partition coefficient (Wildman–Crippen LogP) is 5.60. The van der Waals surface area contributed by atoms with E-state index in [1.165, 1.54) is 16.7 Å². The molecule has 0 aliphatic heterocycles. The maximum Gasteiger partial charge on any atom is 2.00 e. The van der Waals surface area contributed by atoms with E-state index in [1.807, 2.05) is 13.8 Å². The van der Waals surface area contributed by atoms with E-state index in [1.54, 1.807) is 0 Å². The fraction of sp³-hybridized carbons (Fsp3) is 0.375. The van der Waals surface area contributed by atoms with Crippen molar-refractivity contribution in [2.45, 2.75) is 40.5 Å². The minimum Gasteiger partial charge on any atom is -0.358 e. The Bertz CT molecular complexity index is 266. The molecule has 0 aliphatic rings. The van der Waals surface area contributed by atoms with Crippen molar-refractivity contribution in [1.82, 2.24) is 0 Å². The third kappa shape index (κ3) is 15.6. The second kappa shape index (κ2) is 13.6. The van der Waals surface area contributed by atoms with Gasteiger partial charge in [0, 0.05) is 0 Å². The van der Waals surface area contributed by atoms with E-state index in [4.69, 9.17) is 0 Å². The number of allylic oxidation sites excluding steroid dienone is 1. The fourth-order valence-corrected chi connectivity index (χ4v) is 0.951. The summed E-state index contributed by atoms with van der Waals surface area (Å²) < 4.78 is 0. The first-order chi connectivity index (χ1) is 6.43. The summed E-state index contributed by atoms with van der Waals surface area (Å²) in [7, 11) is 0. The van der Waals surface area contributed by atoms with Crippen LogP contribution in [-0.4, -0.2) is 0 Å². The molecular formula is C16H28Ru. The zero-order chi connectivity index (χ0) is 11.1. The molecule has 1 aromatic rings. The summed E-state index contributed by atoms with van der Waals surface area (Å²) in [6.07, 6.45) is 0. The van der Waals surface area contributed by atoms with Gasteiger partial charge in [-0.05, 0) is 32.3 Å². The van der Waals surface area contributed by atoms with Crippen LogP contribution in [-0.2, 0) is 19.5 Å². The molecule has 0 spiro atoms. The molecule has 0 fully saturated rings. The molecule has 0 bridgehead atoms. The molecule has 1 rings (SSSR count). The van der Waals surface area contributed by atoms with Crippen LogP contribution in [0.1, 0.15) is 44.7 Å². The number of rotatable bonds is 1. The molecule has 1 heteroatoms. The monoisotopic (exact) mass is 322 g/mol. The Kier molecular flexibility index (Phi) is 20.4. The van der Waals surface area contributed by atoms with Gasteiger partial charge in [0.15, 0.2) is 0 Å². The minimum absolute atomic E-state index is 0. The van der Waals surface area contributed by atoms with E-state index in [-0.39, 0.29) is 34.3 Å². The zero-order valence-corrected chi connectivity index (χ0v) is 14.2. The Morgan fingerprint density at radius 2 is 1.29 bits per heavy atom. The maximum absolute atomic E-state index is 3.56. The van der Waals surface area contributed by atoms with E-state index in [0.717, 1.165) is 0 Å². The predicted molar refractivity (Wildman–Crippen MR) is 78.6 cm³/mol. The molecule has 100 valence electrons. The first-order valence-corrected chi connectivity index (χ1v) is 5.12. The average Bonchev–Trinajstić information content (AvgIpc) is 2.03. The third-order valence-corrected chi connectivity index (χ3v) is 1.74. The summed E-state index contributed by atoms with van der Waals surface area (Å²) in [5, 5.41) is 0. The molecule has 0 radical (unpaired) electrons. The molecule has 0 aliphatic carbocycles. The van der Waals surface area contributed by atoms with Crippen LogP contribution in [0.2, 0.25) is 0 Å². The van der Waals surface area contributed by atoms with Crippen LogP contribution >= 0.6 is 0 Å². The fourth-order valence-electron chi connectivity index (χ4n) is 0.951. The van der Waals surface area contributed by atoms with Gasteiger partial charge in [-0.15, -0.1) is 6.58 Å². The van der Waals surface area contributed by atoms with Gasteiger partial charge in [-0.1, -0.05) is 49.2 Å². The van der Waals surface area contributed by atoms with Gasteiger partial charge in [0.25, 0.3) is 0 Å². The van der Waals surface area contributed by atoms with Crippen LogP contribution in [0.15, 0.2) is 36.4 Å².